The van der Waals surface area contributed by atoms with E-state index in [9.17, 15) is 4.39 Å². The van der Waals surface area contributed by atoms with Gasteiger partial charge in [0, 0.05) is 17.8 Å². The Labute approximate surface area is 239 Å². The minimum Gasteiger partial charge on any atom is -0.340 e. The van der Waals surface area contributed by atoms with E-state index in [4.69, 9.17) is 4.98 Å². The van der Waals surface area contributed by atoms with Crippen molar-refractivity contribution in [2.45, 2.75) is 77.6 Å². The Balaban J connectivity index is 1.16. The monoisotopic (exact) mass is 532 g/mol. The average molecular weight is 533 g/mol. The van der Waals surface area contributed by atoms with Crippen molar-refractivity contribution in [3.05, 3.63) is 113 Å². The number of benzene rings is 3. The SMILES string of the molecule is Cc1c(Nc2ccc(CCCC(C)C3CCCCC3)cc2)ncc2c1-c1ccccc1C(c1ccccc1F)C2. The second kappa shape index (κ2) is 12.0. The summed E-state index contributed by atoms with van der Waals surface area (Å²) in [6.07, 6.45) is 13.7. The summed E-state index contributed by atoms with van der Waals surface area (Å²) in [5.74, 6) is 2.53. The molecule has 0 radical (unpaired) electrons. The molecular formula is C37H41FN2. The highest BCUT2D eigenvalue weighted by atomic mass is 19.1. The molecule has 2 aliphatic carbocycles. The lowest BCUT2D eigenvalue weighted by Gasteiger charge is -2.30. The fraction of sp³-hybridized carbons (Fsp3) is 0.378. The molecule has 3 heteroatoms. The van der Waals surface area contributed by atoms with Crippen LogP contribution in [0.2, 0.25) is 0 Å². The summed E-state index contributed by atoms with van der Waals surface area (Å²) in [6, 6.07) is 24.5. The average Bonchev–Trinajstić information content (AvgIpc) is 2.99. The van der Waals surface area contributed by atoms with Crippen molar-refractivity contribution in [1.29, 1.82) is 0 Å². The van der Waals surface area contributed by atoms with Crippen molar-refractivity contribution >= 4 is 11.5 Å². The van der Waals surface area contributed by atoms with E-state index >= 15 is 0 Å². The van der Waals surface area contributed by atoms with Crippen LogP contribution in [0.4, 0.5) is 15.9 Å². The van der Waals surface area contributed by atoms with Gasteiger partial charge in [-0.1, -0.05) is 100 Å². The molecule has 2 unspecified atom stereocenters. The van der Waals surface area contributed by atoms with Gasteiger partial charge in [0.05, 0.1) is 0 Å². The summed E-state index contributed by atoms with van der Waals surface area (Å²) in [5.41, 5.74) is 9.12. The predicted octanol–water partition coefficient (Wildman–Crippen LogP) is 10.2. The summed E-state index contributed by atoms with van der Waals surface area (Å²) in [4.78, 5) is 4.84. The number of hydrogen-bond donors (Lipinski definition) is 1. The van der Waals surface area contributed by atoms with Crippen molar-refractivity contribution in [3.63, 3.8) is 0 Å². The number of aromatic nitrogens is 1. The lowest BCUT2D eigenvalue weighted by atomic mass is 9.75. The number of fused-ring (bicyclic) bond motifs is 3. The highest BCUT2D eigenvalue weighted by Gasteiger charge is 2.29. The summed E-state index contributed by atoms with van der Waals surface area (Å²) in [7, 11) is 0. The third-order valence-corrected chi connectivity index (χ3v) is 9.51. The predicted molar refractivity (Wildman–Crippen MR) is 165 cm³/mol. The van der Waals surface area contributed by atoms with E-state index < -0.39 is 0 Å². The molecule has 1 aromatic heterocycles. The molecule has 3 aromatic carbocycles. The fourth-order valence-corrected chi connectivity index (χ4v) is 7.17. The normalized spacial score (nSPS) is 17.6. The van der Waals surface area contributed by atoms with Crippen molar-refractivity contribution in [2.24, 2.45) is 11.8 Å². The molecule has 0 spiro atoms. The Morgan fingerprint density at radius 2 is 1.62 bits per heavy atom. The lowest BCUT2D eigenvalue weighted by molar-refractivity contribution is 0.249. The Kier molecular flexibility index (Phi) is 8.00. The lowest BCUT2D eigenvalue weighted by Crippen LogP contribution is -2.16. The Morgan fingerprint density at radius 3 is 2.40 bits per heavy atom. The van der Waals surface area contributed by atoms with E-state index in [1.807, 2.05) is 18.3 Å². The zero-order chi connectivity index (χ0) is 27.5. The van der Waals surface area contributed by atoms with Crippen LogP contribution < -0.4 is 5.32 Å². The van der Waals surface area contributed by atoms with Gasteiger partial charge in [0.1, 0.15) is 11.6 Å². The fourth-order valence-electron chi connectivity index (χ4n) is 7.17. The van der Waals surface area contributed by atoms with Gasteiger partial charge in [0.15, 0.2) is 0 Å². The van der Waals surface area contributed by atoms with E-state index in [0.717, 1.165) is 47.3 Å². The van der Waals surface area contributed by atoms with Crippen molar-refractivity contribution in [1.82, 2.24) is 4.98 Å². The standard InChI is InChI=1S/C37H41FN2/c1-25(28-13-4-3-5-14-28)11-10-12-27-19-21-30(22-20-27)40-37-26(2)36-29(24-39-37)23-34(31-15-6-7-17-33(31)36)32-16-8-9-18-35(32)38/h6-9,15-22,24-25,28,34H,3-5,10-14,23H2,1-2H3,(H,39,40). The first-order valence-corrected chi connectivity index (χ1v) is 15.3. The van der Waals surface area contributed by atoms with Gasteiger partial charge in [-0.3, -0.25) is 0 Å². The van der Waals surface area contributed by atoms with Gasteiger partial charge >= 0.3 is 0 Å². The number of nitrogens with zero attached hydrogens (tertiary/aromatic N) is 1. The van der Waals surface area contributed by atoms with Gasteiger partial charge in [-0.15, -0.1) is 0 Å². The Hall–Kier alpha value is -3.46. The van der Waals surface area contributed by atoms with Crippen molar-refractivity contribution in [3.8, 4) is 11.1 Å². The summed E-state index contributed by atoms with van der Waals surface area (Å²) >= 11 is 0. The summed E-state index contributed by atoms with van der Waals surface area (Å²) in [5, 5.41) is 3.58. The number of anilines is 2. The third-order valence-electron chi connectivity index (χ3n) is 9.51. The number of aryl methyl sites for hydroxylation is 1. The van der Waals surface area contributed by atoms with Crippen LogP contribution in [0.1, 0.15) is 85.6 Å². The van der Waals surface area contributed by atoms with Gasteiger partial charge < -0.3 is 5.32 Å². The molecule has 2 nitrogen and oxygen atoms in total. The van der Waals surface area contributed by atoms with Gasteiger partial charge in [-0.25, -0.2) is 9.37 Å². The molecule has 0 aliphatic heterocycles. The minimum absolute atomic E-state index is 0.0110. The molecule has 1 heterocycles. The topological polar surface area (TPSA) is 24.9 Å². The van der Waals surface area contributed by atoms with E-state index in [1.165, 1.54) is 72.8 Å². The van der Waals surface area contributed by atoms with Crippen LogP contribution in [0.25, 0.3) is 11.1 Å². The number of halogens is 1. The van der Waals surface area contributed by atoms with Crippen LogP contribution in [0.5, 0.6) is 0 Å². The number of pyridine rings is 1. The second-order valence-corrected chi connectivity index (χ2v) is 12.1. The summed E-state index contributed by atoms with van der Waals surface area (Å²) in [6.45, 7) is 4.62. The molecule has 2 atom stereocenters. The van der Waals surface area contributed by atoms with E-state index in [-0.39, 0.29) is 11.7 Å². The van der Waals surface area contributed by atoms with Crippen molar-refractivity contribution in [2.75, 3.05) is 5.32 Å². The molecule has 1 fully saturated rings. The Bertz CT molecular complexity index is 1450. The maximum Gasteiger partial charge on any atom is 0.133 e. The molecule has 1 saturated carbocycles. The zero-order valence-corrected chi connectivity index (χ0v) is 23.9. The molecule has 206 valence electrons. The number of rotatable bonds is 8. The van der Waals surface area contributed by atoms with Crippen LogP contribution in [0.15, 0.2) is 79.0 Å². The number of nitrogens with one attached hydrogen (secondary N) is 1. The van der Waals surface area contributed by atoms with Gasteiger partial charge in [-0.05, 0) is 95.2 Å². The molecule has 0 saturated heterocycles. The van der Waals surface area contributed by atoms with Crippen molar-refractivity contribution < 1.29 is 4.39 Å². The molecule has 4 aromatic rings. The van der Waals surface area contributed by atoms with Crippen LogP contribution >= 0.6 is 0 Å². The van der Waals surface area contributed by atoms with Crippen LogP contribution in [-0.4, -0.2) is 4.98 Å². The number of hydrogen-bond acceptors (Lipinski definition) is 2. The van der Waals surface area contributed by atoms with Gasteiger partial charge in [0.25, 0.3) is 0 Å². The van der Waals surface area contributed by atoms with Gasteiger partial charge in [-0.2, -0.15) is 0 Å². The first-order valence-electron chi connectivity index (χ1n) is 15.3. The van der Waals surface area contributed by atoms with E-state index in [2.05, 4.69) is 67.7 Å². The third kappa shape index (κ3) is 5.57. The maximum absolute atomic E-state index is 14.8. The first-order chi connectivity index (χ1) is 19.6. The maximum atomic E-state index is 14.8. The minimum atomic E-state index is -0.143. The molecule has 6 rings (SSSR count). The van der Waals surface area contributed by atoms with E-state index in [1.54, 1.807) is 12.1 Å². The quantitative estimate of drug-likeness (QED) is 0.244. The van der Waals surface area contributed by atoms with E-state index in [0.29, 0.717) is 0 Å². The molecular weight excluding hydrogens is 491 g/mol. The zero-order valence-electron chi connectivity index (χ0n) is 23.9. The largest absolute Gasteiger partial charge is 0.340 e. The molecule has 1 N–H and O–H groups in total. The van der Waals surface area contributed by atoms with Crippen LogP contribution in [-0.2, 0) is 12.8 Å². The molecule has 0 amide bonds. The molecule has 40 heavy (non-hydrogen) atoms. The summed E-state index contributed by atoms with van der Waals surface area (Å²) < 4.78 is 14.8. The molecule has 0 bridgehead atoms. The van der Waals surface area contributed by atoms with Crippen LogP contribution in [0.3, 0.4) is 0 Å². The van der Waals surface area contributed by atoms with Gasteiger partial charge in [0.2, 0.25) is 0 Å². The Morgan fingerprint density at radius 1 is 0.900 bits per heavy atom. The highest BCUT2D eigenvalue weighted by Crippen LogP contribution is 2.45. The smallest absolute Gasteiger partial charge is 0.133 e. The first kappa shape index (κ1) is 26.7. The molecule has 2 aliphatic rings. The van der Waals surface area contributed by atoms with Crippen LogP contribution in [0, 0.1) is 24.6 Å². The second-order valence-electron chi connectivity index (χ2n) is 12.1. The highest BCUT2D eigenvalue weighted by molar-refractivity contribution is 5.81.